The second kappa shape index (κ2) is 6.91. The van der Waals surface area contributed by atoms with Crippen LogP contribution in [0.15, 0.2) is 48.6 Å². The van der Waals surface area contributed by atoms with Gasteiger partial charge in [0.25, 0.3) is 0 Å². The molecule has 0 saturated carbocycles. The Bertz CT molecular complexity index is 594. The molecule has 2 heteroatoms. The zero-order valence-corrected chi connectivity index (χ0v) is 12.4. The van der Waals surface area contributed by atoms with E-state index < -0.39 is 5.41 Å². The third-order valence-electron chi connectivity index (χ3n) is 4.12. The Morgan fingerprint density at radius 1 is 0.952 bits per heavy atom. The molecule has 1 atom stereocenters. The third-order valence-corrected chi connectivity index (χ3v) is 4.12. The number of nitrogens with zero attached hydrogens (tertiary/aromatic N) is 2. The lowest BCUT2D eigenvalue weighted by molar-refractivity contribution is 0.414. The molecule has 0 fully saturated rings. The molecule has 1 aliphatic carbocycles. The van der Waals surface area contributed by atoms with Gasteiger partial charge in [0, 0.05) is 5.92 Å². The molecule has 0 saturated heterocycles. The molecule has 0 radical (unpaired) electrons. The Labute approximate surface area is 127 Å². The molecular weight excluding hydrogens is 256 g/mol. The van der Waals surface area contributed by atoms with Crippen LogP contribution in [0.3, 0.4) is 0 Å². The molecule has 2 rings (SSSR count). The van der Waals surface area contributed by atoms with Crippen LogP contribution in [0.1, 0.15) is 42.7 Å². The van der Waals surface area contributed by atoms with Gasteiger partial charge in [0.05, 0.1) is 12.1 Å². The van der Waals surface area contributed by atoms with Gasteiger partial charge in [0.1, 0.15) is 0 Å². The molecule has 0 spiro atoms. The first kappa shape index (κ1) is 15.1. The summed E-state index contributed by atoms with van der Waals surface area (Å²) >= 11 is 0. The van der Waals surface area contributed by atoms with Crippen molar-refractivity contribution in [1.29, 1.82) is 10.5 Å². The largest absolute Gasteiger partial charge is 0.197 e. The smallest absolute Gasteiger partial charge is 0.154 e. The van der Waals surface area contributed by atoms with Crippen LogP contribution in [0.25, 0.3) is 0 Å². The van der Waals surface area contributed by atoms with Crippen LogP contribution in [0.2, 0.25) is 0 Å². The minimum Gasteiger partial charge on any atom is -0.197 e. The SMILES string of the molecule is Cc1ccc(C2C/C=C\CC/C=C/CC2(C#N)C#N)cc1. The van der Waals surface area contributed by atoms with Crippen LogP contribution >= 0.6 is 0 Å². The van der Waals surface area contributed by atoms with Crippen LogP contribution in [0.4, 0.5) is 0 Å². The van der Waals surface area contributed by atoms with Crippen LogP contribution < -0.4 is 0 Å². The average Bonchev–Trinajstić information content (AvgIpc) is 2.53. The molecule has 106 valence electrons. The van der Waals surface area contributed by atoms with Crippen molar-refractivity contribution >= 4 is 0 Å². The molecule has 2 nitrogen and oxygen atoms in total. The summed E-state index contributed by atoms with van der Waals surface area (Å²) < 4.78 is 0. The normalized spacial score (nSPS) is 24.2. The molecule has 0 bridgehead atoms. The third kappa shape index (κ3) is 3.41. The molecule has 1 aliphatic rings. The number of allylic oxidation sites excluding steroid dienone is 4. The minimum atomic E-state index is -0.993. The molecule has 0 amide bonds. The Kier molecular flexibility index (Phi) is 4.96. The van der Waals surface area contributed by atoms with Gasteiger partial charge in [0.15, 0.2) is 5.41 Å². The first-order chi connectivity index (χ1) is 10.2. The summed E-state index contributed by atoms with van der Waals surface area (Å²) in [7, 11) is 0. The maximum Gasteiger partial charge on any atom is 0.154 e. The maximum atomic E-state index is 9.68. The van der Waals surface area contributed by atoms with E-state index in [9.17, 15) is 10.5 Å². The van der Waals surface area contributed by atoms with E-state index in [4.69, 9.17) is 0 Å². The molecule has 0 N–H and O–H groups in total. The Morgan fingerprint density at radius 2 is 1.57 bits per heavy atom. The van der Waals surface area contributed by atoms with E-state index in [1.165, 1.54) is 5.56 Å². The van der Waals surface area contributed by atoms with Crippen molar-refractivity contribution in [2.24, 2.45) is 5.41 Å². The monoisotopic (exact) mass is 276 g/mol. The van der Waals surface area contributed by atoms with E-state index in [-0.39, 0.29) is 5.92 Å². The van der Waals surface area contributed by atoms with E-state index in [0.717, 1.165) is 24.8 Å². The first-order valence-electron chi connectivity index (χ1n) is 7.41. The lowest BCUT2D eigenvalue weighted by Crippen LogP contribution is -2.25. The van der Waals surface area contributed by atoms with Gasteiger partial charge in [0.2, 0.25) is 0 Å². The summed E-state index contributed by atoms with van der Waals surface area (Å²) in [6.07, 6.45) is 11.5. The number of benzene rings is 1. The first-order valence-corrected chi connectivity index (χ1v) is 7.41. The molecule has 21 heavy (non-hydrogen) atoms. The van der Waals surface area contributed by atoms with Crippen molar-refractivity contribution in [3.05, 3.63) is 59.7 Å². The van der Waals surface area contributed by atoms with E-state index in [1.54, 1.807) is 0 Å². The molecule has 0 aliphatic heterocycles. The highest BCUT2D eigenvalue weighted by Crippen LogP contribution is 2.41. The van der Waals surface area contributed by atoms with E-state index in [2.05, 4.69) is 30.4 Å². The summed E-state index contributed by atoms with van der Waals surface area (Å²) in [5.41, 5.74) is 1.27. The zero-order valence-electron chi connectivity index (χ0n) is 12.4. The fourth-order valence-electron chi connectivity index (χ4n) is 2.76. The molecular formula is C19H20N2. The fourth-order valence-corrected chi connectivity index (χ4v) is 2.76. The summed E-state index contributed by atoms with van der Waals surface area (Å²) in [6.45, 7) is 2.04. The topological polar surface area (TPSA) is 47.6 Å². The van der Waals surface area contributed by atoms with Gasteiger partial charge in [-0.15, -0.1) is 0 Å². The molecule has 1 aromatic rings. The number of hydrogen-bond acceptors (Lipinski definition) is 2. The second-order valence-electron chi connectivity index (χ2n) is 5.62. The predicted molar refractivity (Wildman–Crippen MR) is 84.3 cm³/mol. The summed E-state index contributed by atoms with van der Waals surface area (Å²) in [5, 5.41) is 19.4. The standard InChI is InChI=1S/C19H20N2/c1-16-9-11-17(12-10-16)18-8-6-4-2-3-5-7-13-19(18,14-20)15-21/h4-7,9-12,18H,2-3,8,13H2,1H3/b6-4-,7-5+. The summed E-state index contributed by atoms with van der Waals surface area (Å²) in [4.78, 5) is 0. The van der Waals surface area contributed by atoms with Crippen molar-refractivity contribution in [3.63, 3.8) is 0 Å². The highest BCUT2D eigenvalue weighted by atomic mass is 14.5. The van der Waals surface area contributed by atoms with Gasteiger partial charge in [-0.05, 0) is 38.2 Å². The quantitative estimate of drug-likeness (QED) is 0.692. The van der Waals surface area contributed by atoms with Gasteiger partial charge in [-0.25, -0.2) is 0 Å². The predicted octanol–water partition coefficient (Wildman–Crippen LogP) is 4.80. The maximum absolute atomic E-state index is 9.68. The van der Waals surface area contributed by atoms with Gasteiger partial charge in [-0.3, -0.25) is 0 Å². The van der Waals surface area contributed by atoms with Crippen molar-refractivity contribution in [3.8, 4) is 12.1 Å². The van der Waals surface area contributed by atoms with Crippen LogP contribution in [-0.2, 0) is 0 Å². The van der Waals surface area contributed by atoms with E-state index in [1.807, 2.05) is 37.3 Å². The Morgan fingerprint density at radius 3 is 2.19 bits per heavy atom. The van der Waals surface area contributed by atoms with Crippen LogP contribution in [-0.4, -0.2) is 0 Å². The van der Waals surface area contributed by atoms with Crippen molar-refractivity contribution in [2.75, 3.05) is 0 Å². The highest BCUT2D eigenvalue weighted by molar-refractivity contribution is 5.34. The molecule has 1 aromatic carbocycles. The zero-order chi connectivity index (χ0) is 15.1. The van der Waals surface area contributed by atoms with E-state index in [0.29, 0.717) is 6.42 Å². The average molecular weight is 276 g/mol. The van der Waals surface area contributed by atoms with Gasteiger partial charge in [-0.2, -0.15) is 10.5 Å². The molecule has 0 aromatic heterocycles. The number of aryl methyl sites for hydroxylation is 1. The number of rotatable bonds is 1. The number of hydrogen-bond donors (Lipinski definition) is 0. The Balaban J connectivity index is 2.45. The van der Waals surface area contributed by atoms with E-state index >= 15 is 0 Å². The van der Waals surface area contributed by atoms with Crippen molar-refractivity contribution in [1.82, 2.24) is 0 Å². The lowest BCUT2D eigenvalue weighted by atomic mass is 9.70. The van der Waals surface area contributed by atoms with Crippen molar-refractivity contribution in [2.45, 2.75) is 38.5 Å². The van der Waals surface area contributed by atoms with Gasteiger partial charge in [-0.1, -0.05) is 54.1 Å². The number of nitriles is 2. The van der Waals surface area contributed by atoms with Gasteiger partial charge >= 0.3 is 0 Å². The summed E-state index contributed by atoms with van der Waals surface area (Å²) in [5.74, 6) is -0.0906. The molecule has 1 unspecified atom stereocenters. The lowest BCUT2D eigenvalue weighted by Gasteiger charge is -2.28. The van der Waals surface area contributed by atoms with Crippen LogP contribution in [0.5, 0.6) is 0 Å². The second-order valence-corrected chi connectivity index (χ2v) is 5.62. The highest BCUT2D eigenvalue weighted by Gasteiger charge is 2.39. The Hall–Kier alpha value is -2.32. The molecule has 0 heterocycles. The van der Waals surface area contributed by atoms with Crippen LogP contribution in [0, 0.1) is 35.0 Å². The van der Waals surface area contributed by atoms with Crippen molar-refractivity contribution < 1.29 is 0 Å². The minimum absolute atomic E-state index is 0.0906. The fraction of sp³-hybridized carbons (Fsp3) is 0.368. The van der Waals surface area contributed by atoms with Gasteiger partial charge < -0.3 is 0 Å². The summed E-state index contributed by atoms with van der Waals surface area (Å²) in [6, 6.07) is 12.8.